The smallest absolute Gasteiger partial charge is 0.383 e. The van der Waals surface area contributed by atoms with Gasteiger partial charge >= 0.3 is 6.18 Å². The lowest BCUT2D eigenvalue weighted by atomic mass is 9.88. The summed E-state index contributed by atoms with van der Waals surface area (Å²) in [6.07, 6.45) is -2.80. The number of carbonyl (C=O) groups excluding carboxylic acids is 1. The van der Waals surface area contributed by atoms with Crippen LogP contribution in [-0.4, -0.2) is 17.6 Å². The fourth-order valence-corrected chi connectivity index (χ4v) is 2.92. The average molecular weight is 349 g/mol. The van der Waals surface area contributed by atoms with Crippen molar-refractivity contribution in [2.45, 2.75) is 24.6 Å². The molecule has 2 aromatic carbocycles. The van der Waals surface area contributed by atoms with E-state index in [1.807, 2.05) is 6.07 Å². The predicted molar refractivity (Wildman–Crippen MR) is 86.8 cm³/mol. The number of nitrogens with one attached hydrogen (secondary N) is 1. The molecule has 0 spiro atoms. The van der Waals surface area contributed by atoms with Gasteiger partial charge in [-0.1, -0.05) is 36.4 Å². The van der Waals surface area contributed by atoms with E-state index in [4.69, 9.17) is 0 Å². The maximum Gasteiger partial charge on any atom is 0.416 e. The van der Waals surface area contributed by atoms with Crippen molar-refractivity contribution in [3.8, 4) is 0 Å². The fourth-order valence-electron chi connectivity index (χ4n) is 2.92. The van der Waals surface area contributed by atoms with Crippen LogP contribution < -0.4 is 5.32 Å². The molecule has 1 unspecified atom stereocenters. The summed E-state index contributed by atoms with van der Waals surface area (Å²) in [6.45, 7) is -0.0449. The van der Waals surface area contributed by atoms with Gasteiger partial charge in [0.05, 0.1) is 12.1 Å². The van der Waals surface area contributed by atoms with Crippen molar-refractivity contribution in [1.82, 2.24) is 5.32 Å². The van der Waals surface area contributed by atoms with Crippen LogP contribution >= 0.6 is 0 Å². The van der Waals surface area contributed by atoms with E-state index >= 15 is 0 Å². The van der Waals surface area contributed by atoms with Gasteiger partial charge in [0.25, 0.3) is 5.91 Å². The lowest BCUT2D eigenvalue weighted by molar-refractivity contribution is -0.137. The lowest BCUT2D eigenvalue weighted by Crippen LogP contribution is -2.42. The van der Waals surface area contributed by atoms with Crippen molar-refractivity contribution >= 4 is 5.91 Å². The summed E-state index contributed by atoms with van der Waals surface area (Å²) in [7, 11) is 0. The first-order valence-corrected chi connectivity index (χ1v) is 8.04. The van der Waals surface area contributed by atoms with Gasteiger partial charge < -0.3 is 10.4 Å². The minimum absolute atomic E-state index is 0.0386. The monoisotopic (exact) mass is 349 g/mol. The van der Waals surface area contributed by atoms with E-state index in [1.54, 1.807) is 24.3 Å². The summed E-state index contributed by atoms with van der Waals surface area (Å²) in [6, 6.07) is 13.3. The van der Waals surface area contributed by atoms with Gasteiger partial charge in [0.2, 0.25) is 0 Å². The van der Waals surface area contributed by atoms with Gasteiger partial charge in [-0.15, -0.1) is 0 Å². The van der Waals surface area contributed by atoms with Crippen molar-refractivity contribution in [3.05, 3.63) is 71.3 Å². The van der Waals surface area contributed by atoms with Crippen LogP contribution in [0.2, 0.25) is 0 Å². The normalized spacial score (nSPS) is 17.0. The van der Waals surface area contributed by atoms with Crippen LogP contribution in [0.1, 0.15) is 34.3 Å². The SMILES string of the molecule is O=C(NCC(O)(c1ccccc1)C1CC1)c1cccc(C(F)(F)F)c1. The van der Waals surface area contributed by atoms with Crippen LogP contribution in [-0.2, 0) is 11.8 Å². The van der Waals surface area contributed by atoms with Crippen LogP contribution in [0.15, 0.2) is 54.6 Å². The van der Waals surface area contributed by atoms with E-state index in [-0.39, 0.29) is 18.0 Å². The average Bonchev–Trinajstić information content (AvgIpc) is 3.45. The van der Waals surface area contributed by atoms with E-state index < -0.39 is 23.2 Å². The molecule has 1 fully saturated rings. The molecule has 1 aliphatic carbocycles. The summed E-state index contributed by atoms with van der Waals surface area (Å²) in [5, 5.41) is 13.6. The topological polar surface area (TPSA) is 49.3 Å². The van der Waals surface area contributed by atoms with Gasteiger partial charge in [0, 0.05) is 5.56 Å². The second-order valence-electron chi connectivity index (χ2n) is 6.33. The third-order valence-corrected chi connectivity index (χ3v) is 4.50. The lowest BCUT2D eigenvalue weighted by Gasteiger charge is -2.29. The molecule has 2 aromatic rings. The van der Waals surface area contributed by atoms with E-state index in [2.05, 4.69) is 5.32 Å². The molecule has 1 amide bonds. The van der Waals surface area contributed by atoms with Crippen molar-refractivity contribution in [2.24, 2.45) is 5.92 Å². The molecule has 1 aliphatic rings. The van der Waals surface area contributed by atoms with Crippen molar-refractivity contribution in [2.75, 3.05) is 6.54 Å². The summed E-state index contributed by atoms with van der Waals surface area (Å²) in [5.74, 6) is -0.599. The van der Waals surface area contributed by atoms with E-state index in [1.165, 1.54) is 12.1 Å². The largest absolute Gasteiger partial charge is 0.416 e. The Kier molecular flexibility index (Phi) is 4.56. The van der Waals surface area contributed by atoms with Crippen LogP contribution in [0.5, 0.6) is 0 Å². The summed E-state index contributed by atoms with van der Waals surface area (Å²) >= 11 is 0. The predicted octanol–water partition coefficient (Wildman–Crippen LogP) is 3.73. The molecule has 0 heterocycles. The Balaban J connectivity index is 1.75. The van der Waals surface area contributed by atoms with Gasteiger partial charge in [-0.05, 0) is 42.5 Å². The number of benzene rings is 2. The van der Waals surface area contributed by atoms with E-state index in [0.717, 1.165) is 25.0 Å². The van der Waals surface area contributed by atoms with Crippen molar-refractivity contribution in [1.29, 1.82) is 0 Å². The Morgan fingerprint density at radius 2 is 1.68 bits per heavy atom. The molecule has 25 heavy (non-hydrogen) atoms. The Morgan fingerprint density at radius 3 is 2.28 bits per heavy atom. The second kappa shape index (κ2) is 6.52. The molecular weight excluding hydrogens is 331 g/mol. The summed E-state index contributed by atoms with van der Waals surface area (Å²) < 4.78 is 38.3. The third-order valence-electron chi connectivity index (χ3n) is 4.50. The first kappa shape index (κ1) is 17.5. The molecule has 0 saturated heterocycles. The zero-order valence-electron chi connectivity index (χ0n) is 13.4. The van der Waals surface area contributed by atoms with E-state index in [0.29, 0.717) is 5.56 Å². The summed E-state index contributed by atoms with van der Waals surface area (Å²) in [4.78, 5) is 12.3. The molecule has 132 valence electrons. The highest BCUT2D eigenvalue weighted by molar-refractivity contribution is 5.94. The molecule has 0 aromatic heterocycles. The molecular formula is C19H18F3NO2. The highest BCUT2D eigenvalue weighted by atomic mass is 19.4. The van der Waals surface area contributed by atoms with Crippen LogP contribution in [0, 0.1) is 5.92 Å². The second-order valence-corrected chi connectivity index (χ2v) is 6.33. The number of hydrogen-bond donors (Lipinski definition) is 2. The Labute approximate surface area is 143 Å². The summed E-state index contributed by atoms with van der Waals surface area (Å²) in [5.41, 5.74) is -1.47. The molecule has 6 heteroatoms. The first-order valence-electron chi connectivity index (χ1n) is 8.04. The Bertz CT molecular complexity index is 757. The zero-order chi connectivity index (χ0) is 18.1. The minimum Gasteiger partial charge on any atom is -0.383 e. The molecule has 3 rings (SSSR count). The fraction of sp³-hybridized carbons (Fsp3) is 0.316. The number of rotatable bonds is 5. The highest BCUT2D eigenvalue weighted by Crippen LogP contribution is 2.45. The van der Waals surface area contributed by atoms with Crippen molar-refractivity contribution < 1.29 is 23.1 Å². The number of halogens is 3. The number of amides is 1. The number of carbonyl (C=O) groups is 1. The quantitative estimate of drug-likeness (QED) is 0.864. The molecule has 0 bridgehead atoms. The minimum atomic E-state index is -4.50. The van der Waals surface area contributed by atoms with Gasteiger partial charge in [0.15, 0.2) is 0 Å². The Hall–Kier alpha value is -2.34. The maximum absolute atomic E-state index is 12.8. The molecule has 3 nitrogen and oxygen atoms in total. The number of alkyl halides is 3. The molecule has 0 aliphatic heterocycles. The number of aliphatic hydroxyl groups is 1. The van der Waals surface area contributed by atoms with E-state index in [9.17, 15) is 23.1 Å². The number of hydrogen-bond acceptors (Lipinski definition) is 2. The first-order chi connectivity index (χ1) is 11.8. The molecule has 2 N–H and O–H groups in total. The van der Waals surface area contributed by atoms with Gasteiger partial charge in [-0.3, -0.25) is 4.79 Å². The van der Waals surface area contributed by atoms with Gasteiger partial charge in [0.1, 0.15) is 5.60 Å². The van der Waals surface area contributed by atoms with Gasteiger partial charge in [-0.2, -0.15) is 13.2 Å². The third kappa shape index (κ3) is 3.85. The Morgan fingerprint density at radius 1 is 1.04 bits per heavy atom. The molecule has 1 atom stereocenters. The van der Waals surface area contributed by atoms with Crippen LogP contribution in [0.25, 0.3) is 0 Å². The zero-order valence-corrected chi connectivity index (χ0v) is 13.4. The molecule has 0 radical (unpaired) electrons. The van der Waals surface area contributed by atoms with Crippen LogP contribution in [0.4, 0.5) is 13.2 Å². The standard InChI is InChI=1S/C19H18F3NO2/c20-19(21,22)16-8-4-5-13(11-16)17(24)23-12-18(25,15-9-10-15)14-6-2-1-3-7-14/h1-8,11,15,25H,9-10,12H2,(H,23,24). The van der Waals surface area contributed by atoms with Gasteiger partial charge in [-0.25, -0.2) is 0 Å². The van der Waals surface area contributed by atoms with Crippen LogP contribution in [0.3, 0.4) is 0 Å². The van der Waals surface area contributed by atoms with Crippen molar-refractivity contribution in [3.63, 3.8) is 0 Å². The molecule has 1 saturated carbocycles. The highest BCUT2D eigenvalue weighted by Gasteiger charge is 2.45. The maximum atomic E-state index is 12.8.